The van der Waals surface area contributed by atoms with Gasteiger partial charge in [0.2, 0.25) is 0 Å². The summed E-state index contributed by atoms with van der Waals surface area (Å²) >= 11 is 0. The molecule has 0 aliphatic rings. The molecule has 0 spiro atoms. The van der Waals surface area contributed by atoms with Gasteiger partial charge in [0.15, 0.2) is 0 Å². The van der Waals surface area contributed by atoms with Crippen molar-refractivity contribution in [1.29, 1.82) is 5.26 Å². The largest absolute Gasteiger partial charge is 0.334 e. The van der Waals surface area contributed by atoms with Crippen molar-refractivity contribution in [3.05, 3.63) is 35.1 Å². The Bertz CT molecular complexity index is 487. The van der Waals surface area contributed by atoms with Crippen LogP contribution in [0.15, 0.2) is 18.2 Å². The van der Waals surface area contributed by atoms with Crippen LogP contribution in [0.5, 0.6) is 0 Å². The number of carbonyl (C=O) groups is 1. The number of hydrogen-bond acceptors (Lipinski definition) is 2. The van der Waals surface area contributed by atoms with Crippen molar-refractivity contribution in [3.63, 3.8) is 0 Å². The maximum absolute atomic E-state index is 13.6. The number of aryl methyl sites for hydroxylation is 1. The van der Waals surface area contributed by atoms with Crippen LogP contribution in [-0.4, -0.2) is 11.4 Å². The Kier molecular flexibility index (Phi) is 4.43. The van der Waals surface area contributed by atoms with Crippen molar-refractivity contribution < 1.29 is 9.18 Å². The SMILES string of the molecule is CCC(C#N)(CC)NC(=O)c1cc(C)ccc1F. The van der Waals surface area contributed by atoms with E-state index in [0.717, 1.165) is 5.56 Å². The smallest absolute Gasteiger partial charge is 0.255 e. The van der Waals surface area contributed by atoms with Gasteiger partial charge in [0.25, 0.3) is 5.91 Å². The summed E-state index contributed by atoms with van der Waals surface area (Å²) in [4.78, 5) is 12.0. The first-order valence-electron chi connectivity index (χ1n) is 5.98. The first kappa shape index (κ1) is 14.2. The molecule has 4 heteroatoms. The average Bonchev–Trinajstić information content (AvgIpc) is 2.38. The lowest BCUT2D eigenvalue weighted by atomic mass is 9.94. The fourth-order valence-corrected chi connectivity index (χ4v) is 1.71. The number of nitrogens with zero attached hydrogens (tertiary/aromatic N) is 1. The van der Waals surface area contributed by atoms with Crippen molar-refractivity contribution in [1.82, 2.24) is 5.32 Å². The van der Waals surface area contributed by atoms with E-state index in [0.29, 0.717) is 12.8 Å². The monoisotopic (exact) mass is 248 g/mol. The lowest BCUT2D eigenvalue weighted by Crippen LogP contribution is -2.46. The van der Waals surface area contributed by atoms with E-state index >= 15 is 0 Å². The Morgan fingerprint density at radius 1 is 1.44 bits per heavy atom. The predicted octanol–water partition coefficient (Wildman–Crippen LogP) is 2.95. The molecule has 0 aromatic heterocycles. The lowest BCUT2D eigenvalue weighted by Gasteiger charge is -2.25. The lowest BCUT2D eigenvalue weighted by molar-refractivity contribution is 0.0911. The number of benzene rings is 1. The average molecular weight is 248 g/mol. The van der Waals surface area contributed by atoms with Gasteiger partial charge in [-0.3, -0.25) is 4.79 Å². The zero-order valence-corrected chi connectivity index (χ0v) is 10.9. The van der Waals surface area contributed by atoms with Crippen molar-refractivity contribution in [2.45, 2.75) is 39.2 Å². The van der Waals surface area contributed by atoms with Crippen LogP contribution in [0.1, 0.15) is 42.6 Å². The number of halogens is 1. The summed E-state index contributed by atoms with van der Waals surface area (Å²) in [7, 11) is 0. The molecule has 96 valence electrons. The molecule has 0 atom stereocenters. The third-order valence-electron chi connectivity index (χ3n) is 3.14. The minimum Gasteiger partial charge on any atom is -0.334 e. The van der Waals surface area contributed by atoms with Crippen LogP contribution < -0.4 is 5.32 Å². The van der Waals surface area contributed by atoms with Crippen molar-refractivity contribution >= 4 is 5.91 Å². The Labute approximate surface area is 107 Å². The Morgan fingerprint density at radius 2 is 2.06 bits per heavy atom. The van der Waals surface area contributed by atoms with Gasteiger partial charge >= 0.3 is 0 Å². The molecule has 3 nitrogen and oxygen atoms in total. The zero-order chi connectivity index (χ0) is 13.8. The van der Waals surface area contributed by atoms with Gasteiger partial charge in [-0.05, 0) is 31.9 Å². The normalized spacial score (nSPS) is 10.8. The quantitative estimate of drug-likeness (QED) is 0.890. The number of nitrogens with one attached hydrogen (secondary N) is 1. The zero-order valence-electron chi connectivity index (χ0n) is 10.9. The molecule has 1 aromatic carbocycles. The molecule has 0 aliphatic heterocycles. The first-order valence-corrected chi connectivity index (χ1v) is 5.98. The van der Waals surface area contributed by atoms with Gasteiger partial charge in [-0.1, -0.05) is 25.5 Å². The predicted molar refractivity (Wildman–Crippen MR) is 67.5 cm³/mol. The van der Waals surface area contributed by atoms with Crippen molar-refractivity contribution in [3.8, 4) is 6.07 Å². The van der Waals surface area contributed by atoms with Crippen molar-refractivity contribution in [2.75, 3.05) is 0 Å². The standard InChI is InChI=1S/C14H17FN2O/c1-4-14(5-2,9-16)17-13(18)11-8-10(3)6-7-12(11)15/h6-8H,4-5H2,1-3H3,(H,17,18). The van der Waals surface area contributed by atoms with Crippen LogP contribution >= 0.6 is 0 Å². The highest BCUT2D eigenvalue weighted by Gasteiger charge is 2.29. The van der Waals surface area contributed by atoms with Gasteiger partial charge in [-0.25, -0.2) is 4.39 Å². The van der Waals surface area contributed by atoms with Gasteiger partial charge < -0.3 is 5.32 Å². The molecular formula is C14H17FN2O. The molecule has 0 saturated carbocycles. The summed E-state index contributed by atoms with van der Waals surface area (Å²) in [5.74, 6) is -1.11. The van der Waals surface area contributed by atoms with E-state index in [2.05, 4.69) is 11.4 Å². The summed E-state index contributed by atoms with van der Waals surface area (Å²) in [6.07, 6.45) is 0.971. The third-order valence-corrected chi connectivity index (χ3v) is 3.14. The van der Waals surface area contributed by atoms with E-state index in [9.17, 15) is 9.18 Å². The van der Waals surface area contributed by atoms with Gasteiger partial charge in [-0.15, -0.1) is 0 Å². The first-order chi connectivity index (χ1) is 8.48. The van der Waals surface area contributed by atoms with Gasteiger partial charge in [0, 0.05) is 0 Å². The minimum atomic E-state index is -0.923. The molecule has 1 aromatic rings. The van der Waals surface area contributed by atoms with Crippen LogP contribution in [0.4, 0.5) is 4.39 Å². The van der Waals surface area contributed by atoms with Crippen LogP contribution in [0.25, 0.3) is 0 Å². The highest BCUT2D eigenvalue weighted by atomic mass is 19.1. The second kappa shape index (κ2) is 5.63. The molecule has 0 bridgehead atoms. The molecule has 0 heterocycles. The fraction of sp³-hybridized carbons (Fsp3) is 0.429. The molecule has 0 fully saturated rings. The molecule has 0 radical (unpaired) electrons. The summed E-state index contributed by atoms with van der Waals surface area (Å²) in [6, 6.07) is 6.44. The number of amides is 1. The number of nitriles is 1. The second-order valence-electron chi connectivity index (χ2n) is 4.34. The number of hydrogen-bond donors (Lipinski definition) is 1. The third kappa shape index (κ3) is 2.86. The van der Waals surface area contributed by atoms with E-state index < -0.39 is 17.3 Å². The van der Waals surface area contributed by atoms with E-state index in [1.165, 1.54) is 12.1 Å². The van der Waals surface area contributed by atoms with Crippen LogP contribution in [-0.2, 0) is 0 Å². The van der Waals surface area contributed by atoms with Crippen LogP contribution in [0.2, 0.25) is 0 Å². The maximum atomic E-state index is 13.6. The van der Waals surface area contributed by atoms with E-state index in [4.69, 9.17) is 5.26 Å². The molecule has 1 rings (SSSR count). The molecule has 1 amide bonds. The number of carbonyl (C=O) groups excluding carboxylic acids is 1. The van der Waals surface area contributed by atoms with E-state index in [1.54, 1.807) is 13.0 Å². The summed E-state index contributed by atoms with van der Waals surface area (Å²) in [6.45, 7) is 5.42. The second-order valence-corrected chi connectivity index (χ2v) is 4.34. The molecule has 18 heavy (non-hydrogen) atoms. The van der Waals surface area contributed by atoms with Gasteiger partial charge in [0.1, 0.15) is 11.4 Å². The minimum absolute atomic E-state index is 0.0171. The highest BCUT2D eigenvalue weighted by Crippen LogP contribution is 2.16. The van der Waals surface area contributed by atoms with Crippen LogP contribution in [0, 0.1) is 24.1 Å². The number of rotatable bonds is 4. The van der Waals surface area contributed by atoms with Crippen LogP contribution in [0.3, 0.4) is 0 Å². The Balaban J connectivity index is 3.02. The Morgan fingerprint density at radius 3 is 2.56 bits per heavy atom. The fourth-order valence-electron chi connectivity index (χ4n) is 1.71. The summed E-state index contributed by atoms with van der Waals surface area (Å²) in [5, 5.41) is 11.8. The van der Waals surface area contributed by atoms with E-state index in [-0.39, 0.29) is 5.56 Å². The summed E-state index contributed by atoms with van der Waals surface area (Å²) < 4.78 is 13.6. The molecule has 0 aliphatic carbocycles. The Hall–Kier alpha value is -1.89. The molecule has 0 unspecified atom stereocenters. The molecule has 1 N–H and O–H groups in total. The maximum Gasteiger partial charge on any atom is 0.255 e. The van der Waals surface area contributed by atoms with Gasteiger partial charge in [0.05, 0.1) is 11.6 Å². The topological polar surface area (TPSA) is 52.9 Å². The van der Waals surface area contributed by atoms with Gasteiger partial charge in [-0.2, -0.15) is 5.26 Å². The molecular weight excluding hydrogens is 231 g/mol. The summed E-state index contributed by atoms with van der Waals surface area (Å²) in [5.41, 5.74) is -0.138. The molecule has 0 saturated heterocycles. The van der Waals surface area contributed by atoms with Crippen molar-refractivity contribution in [2.24, 2.45) is 0 Å². The highest BCUT2D eigenvalue weighted by molar-refractivity contribution is 5.95. The van der Waals surface area contributed by atoms with E-state index in [1.807, 2.05) is 13.8 Å².